The predicted molar refractivity (Wildman–Crippen MR) is 154 cm³/mol. The molecule has 10 nitrogen and oxygen atoms in total. The van der Waals surface area contributed by atoms with Gasteiger partial charge in [-0.2, -0.15) is 0 Å². The molecule has 6 atom stereocenters. The molecule has 1 aromatic rings. The number of hydrogen-bond acceptors (Lipinski definition) is 9. The number of carbonyl (C=O) groups excluding carboxylic acids is 3. The molecule has 1 amide bonds. The maximum atomic E-state index is 13.3. The van der Waals surface area contributed by atoms with E-state index in [2.05, 4.69) is 16.3 Å². The van der Waals surface area contributed by atoms with Gasteiger partial charge in [-0.3, -0.25) is 0 Å². The Bertz CT molecular complexity index is 1320. The van der Waals surface area contributed by atoms with Crippen molar-refractivity contribution < 1.29 is 38.4 Å². The zero-order chi connectivity index (χ0) is 30.8. The smallest absolute Gasteiger partial charge is 0.408 e. The number of nitrogens with one attached hydrogen (secondary N) is 1. The summed E-state index contributed by atoms with van der Waals surface area (Å²) in [4.78, 5) is 41.0. The van der Waals surface area contributed by atoms with Gasteiger partial charge in [0, 0.05) is 18.0 Å². The van der Waals surface area contributed by atoms with Gasteiger partial charge in [-0.1, -0.05) is 26.0 Å². The molecule has 1 fully saturated rings. The van der Waals surface area contributed by atoms with E-state index in [0.717, 1.165) is 35.4 Å². The van der Waals surface area contributed by atoms with Crippen LogP contribution in [0, 0.1) is 12.8 Å². The van der Waals surface area contributed by atoms with E-state index in [1.165, 1.54) is 6.92 Å². The minimum Gasteiger partial charge on any atom is -0.481 e. The van der Waals surface area contributed by atoms with Gasteiger partial charge >= 0.3 is 18.0 Å². The summed E-state index contributed by atoms with van der Waals surface area (Å²) < 4.78 is 23.3. The topological polar surface area (TPSA) is 124 Å². The van der Waals surface area contributed by atoms with Gasteiger partial charge in [-0.05, 0) is 90.6 Å². The zero-order valence-electron chi connectivity index (χ0n) is 25.9. The average Bonchev–Trinajstić information content (AvgIpc) is 3.23. The number of amides is 1. The first-order valence-electron chi connectivity index (χ1n) is 14.9. The molecule has 5 rings (SSSR count). The second-order valence-corrected chi connectivity index (χ2v) is 13.7. The molecular weight excluding hydrogens is 540 g/mol. The molecule has 42 heavy (non-hydrogen) atoms. The summed E-state index contributed by atoms with van der Waals surface area (Å²) in [5.74, 6) is -0.362. The number of benzene rings is 1. The van der Waals surface area contributed by atoms with Gasteiger partial charge in [0.2, 0.25) is 0 Å². The van der Waals surface area contributed by atoms with E-state index >= 15 is 0 Å². The fourth-order valence-electron chi connectivity index (χ4n) is 7.22. The van der Waals surface area contributed by atoms with Crippen LogP contribution in [0.2, 0.25) is 0 Å². The van der Waals surface area contributed by atoms with Crippen LogP contribution in [0.1, 0.15) is 77.5 Å². The lowest BCUT2D eigenvalue weighted by Gasteiger charge is -2.61. The van der Waals surface area contributed by atoms with Crippen molar-refractivity contribution >= 4 is 18.0 Å². The maximum Gasteiger partial charge on any atom is 0.408 e. The number of carbonyl (C=O) groups is 3. The Balaban J connectivity index is 1.34. The van der Waals surface area contributed by atoms with Crippen LogP contribution in [-0.4, -0.2) is 77.1 Å². The van der Waals surface area contributed by atoms with Gasteiger partial charge < -0.3 is 34.3 Å². The third-order valence-corrected chi connectivity index (χ3v) is 9.10. The van der Waals surface area contributed by atoms with E-state index in [4.69, 9.17) is 18.9 Å². The van der Waals surface area contributed by atoms with Crippen LogP contribution in [0.25, 0.3) is 0 Å². The molecule has 0 aromatic heterocycles. The number of nitrogens with zero attached hydrogens (tertiary/aromatic N) is 1. The molecule has 230 valence electrons. The van der Waals surface area contributed by atoms with E-state index in [1.807, 2.05) is 33.9 Å². The van der Waals surface area contributed by atoms with Crippen LogP contribution in [0.3, 0.4) is 0 Å². The Morgan fingerprint density at radius 2 is 1.90 bits per heavy atom. The molecule has 1 saturated heterocycles. The summed E-state index contributed by atoms with van der Waals surface area (Å²) >= 11 is 0. The van der Waals surface area contributed by atoms with Crippen LogP contribution < -0.4 is 10.1 Å². The van der Waals surface area contributed by atoms with Gasteiger partial charge in [0.15, 0.2) is 12.2 Å². The highest BCUT2D eigenvalue weighted by molar-refractivity contribution is 5.85. The Morgan fingerprint density at radius 1 is 1.19 bits per heavy atom. The summed E-state index contributed by atoms with van der Waals surface area (Å²) in [6.45, 7) is 13.2. The lowest BCUT2D eigenvalue weighted by molar-refractivity contribution is -0.176. The molecule has 2 aliphatic heterocycles. The van der Waals surface area contributed by atoms with Crippen molar-refractivity contribution in [3.63, 3.8) is 0 Å². The van der Waals surface area contributed by atoms with Gasteiger partial charge in [0.05, 0.1) is 11.0 Å². The number of ether oxygens (including phenoxy) is 4. The quantitative estimate of drug-likeness (QED) is 0.365. The van der Waals surface area contributed by atoms with E-state index in [9.17, 15) is 19.5 Å². The number of aliphatic hydroxyl groups is 1. The minimum atomic E-state index is -1.25. The number of rotatable bonds is 7. The van der Waals surface area contributed by atoms with Gasteiger partial charge in [-0.15, -0.1) is 0 Å². The lowest BCUT2D eigenvalue weighted by Crippen LogP contribution is -2.74. The predicted octanol–water partition coefficient (Wildman–Crippen LogP) is 3.69. The molecule has 4 aliphatic rings. The zero-order valence-corrected chi connectivity index (χ0v) is 25.9. The Hall–Kier alpha value is -3.11. The van der Waals surface area contributed by atoms with Gasteiger partial charge in [-0.25, -0.2) is 14.4 Å². The summed E-state index contributed by atoms with van der Waals surface area (Å²) in [5, 5.41) is 14.9. The number of aryl methyl sites for hydroxylation is 1. The maximum absolute atomic E-state index is 13.3. The van der Waals surface area contributed by atoms with Crippen molar-refractivity contribution in [1.82, 2.24) is 10.2 Å². The van der Waals surface area contributed by atoms with Crippen molar-refractivity contribution in [2.45, 2.75) is 115 Å². The fraction of sp³-hybridized carbons (Fsp3) is 0.656. The molecular formula is C32H44N2O8. The number of esters is 2. The van der Waals surface area contributed by atoms with Crippen LogP contribution in [0.4, 0.5) is 4.79 Å². The SMILES string of the molecule is Cc1ccc2c3c1O[C@H]1C(OC(=O)[C@H](C)OC(=O)[C@H](CC(C)C)NC(=O)OC(C)(C)C)=CC[C@@]4(O)[C@@H](C2)N(C)CC[C@]314. The van der Waals surface area contributed by atoms with E-state index in [-0.39, 0.29) is 12.0 Å². The molecule has 1 aromatic carbocycles. The van der Waals surface area contributed by atoms with Crippen LogP contribution in [0.5, 0.6) is 5.75 Å². The second kappa shape index (κ2) is 10.6. The van der Waals surface area contributed by atoms with Crippen molar-refractivity contribution in [2.75, 3.05) is 13.6 Å². The number of piperidine rings is 1. The highest BCUT2D eigenvalue weighted by atomic mass is 16.6. The Morgan fingerprint density at radius 3 is 2.57 bits per heavy atom. The first-order valence-corrected chi connectivity index (χ1v) is 14.9. The second-order valence-electron chi connectivity index (χ2n) is 13.7. The van der Waals surface area contributed by atoms with E-state index in [0.29, 0.717) is 25.0 Å². The number of alkyl carbamates (subject to hydrolysis) is 1. The first kappa shape index (κ1) is 30.4. The lowest BCUT2D eigenvalue weighted by atomic mass is 9.50. The average molecular weight is 585 g/mol. The molecule has 2 bridgehead atoms. The van der Waals surface area contributed by atoms with Crippen LogP contribution in [0.15, 0.2) is 24.0 Å². The minimum absolute atomic E-state index is 0.0634. The largest absolute Gasteiger partial charge is 0.481 e. The van der Waals surface area contributed by atoms with Crippen molar-refractivity contribution in [1.29, 1.82) is 0 Å². The summed E-state index contributed by atoms with van der Waals surface area (Å²) in [5.41, 5.74) is 0.595. The van der Waals surface area contributed by atoms with E-state index in [1.54, 1.807) is 26.8 Å². The summed E-state index contributed by atoms with van der Waals surface area (Å²) in [7, 11) is 2.04. The summed E-state index contributed by atoms with van der Waals surface area (Å²) in [6.07, 6.45) is 1.06. The van der Waals surface area contributed by atoms with Gasteiger partial charge in [0.1, 0.15) is 23.2 Å². The first-order chi connectivity index (χ1) is 19.6. The van der Waals surface area contributed by atoms with Crippen LogP contribution >= 0.6 is 0 Å². The van der Waals surface area contributed by atoms with Crippen molar-refractivity contribution in [3.05, 3.63) is 40.7 Å². The Labute approximate surface area is 247 Å². The van der Waals surface area contributed by atoms with Gasteiger partial charge in [0.25, 0.3) is 0 Å². The summed E-state index contributed by atoms with van der Waals surface area (Å²) in [6, 6.07) is 3.07. The number of likely N-dealkylation sites (N-methyl/N-ethyl adjacent to an activating group) is 1. The molecule has 10 heteroatoms. The monoisotopic (exact) mass is 584 g/mol. The fourth-order valence-corrected chi connectivity index (χ4v) is 7.22. The highest BCUT2D eigenvalue weighted by Gasteiger charge is 2.71. The third-order valence-electron chi connectivity index (χ3n) is 9.10. The number of hydrogen-bond donors (Lipinski definition) is 2. The number of likely N-dealkylation sites (tertiary alicyclic amines) is 1. The molecule has 0 unspecified atom stereocenters. The highest BCUT2D eigenvalue weighted by Crippen LogP contribution is 2.64. The third kappa shape index (κ3) is 4.96. The van der Waals surface area contributed by atoms with Crippen molar-refractivity contribution in [3.8, 4) is 5.75 Å². The molecule has 0 saturated carbocycles. The standard InChI is InChI=1S/C32H44N2O8/c1-17(2)15-21(33-29(37)42-30(5,6)7)28(36)39-19(4)27(35)40-22-11-12-32(38)23-16-20-10-9-18(3)25-24(20)31(32,26(22)41-25)13-14-34(23)8/h9-11,17,19,21,23,26,38H,12-16H2,1-8H3,(H,33,37)/t19-,21-,23+,26-,31-,32+/m0/s1. The normalized spacial score (nSPS) is 29.0. The molecule has 2 aliphatic carbocycles. The molecule has 1 spiro atoms. The van der Waals surface area contributed by atoms with E-state index < -0.39 is 52.9 Å². The van der Waals surface area contributed by atoms with Crippen molar-refractivity contribution in [2.24, 2.45) is 5.92 Å². The molecule has 2 N–H and O–H groups in total. The molecule has 2 heterocycles. The Kier molecular flexibility index (Phi) is 7.63. The van der Waals surface area contributed by atoms with Crippen LogP contribution in [-0.2, 0) is 35.6 Å². The molecule has 0 radical (unpaired) electrons.